The van der Waals surface area contributed by atoms with Crippen molar-refractivity contribution in [3.05, 3.63) is 48.2 Å². The average Bonchev–Trinajstić information content (AvgIpc) is 2.90. The molecule has 2 rings (SSSR count). The normalized spacial score (nSPS) is 11.5. The Morgan fingerprint density at radius 1 is 1.16 bits per heavy atom. The van der Waals surface area contributed by atoms with Crippen LogP contribution in [0.3, 0.4) is 0 Å². The minimum Gasteiger partial charge on any atom is -0.447 e. The summed E-state index contributed by atoms with van der Waals surface area (Å²) in [6, 6.07) is 11.9. The molecule has 0 aliphatic rings. The molecule has 0 saturated heterocycles. The Morgan fingerprint density at radius 3 is 2.37 bits per heavy atom. The zero-order chi connectivity index (χ0) is 13.9. The summed E-state index contributed by atoms with van der Waals surface area (Å²) < 4.78 is 31.5. The smallest absolute Gasteiger partial charge is 0.297 e. The lowest BCUT2D eigenvalue weighted by Gasteiger charge is -2.21. The molecule has 0 aliphatic heterocycles. The zero-order valence-corrected chi connectivity index (χ0v) is 12.0. The Kier molecular flexibility index (Phi) is 4.17. The molecule has 6 heteroatoms. The van der Waals surface area contributed by atoms with Crippen LogP contribution >= 0.6 is 11.6 Å². The second-order valence-corrected chi connectivity index (χ2v) is 5.92. The molecule has 1 aromatic heterocycles. The lowest BCUT2D eigenvalue weighted by Crippen LogP contribution is -2.30. The van der Waals surface area contributed by atoms with Crippen LogP contribution in [-0.4, -0.2) is 15.0 Å². The van der Waals surface area contributed by atoms with Gasteiger partial charge in [-0.1, -0.05) is 18.2 Å². The molecule has 0 atom stereocenters. The Balaban J connectivity index is 2.42. The van der Waals surface area contributed by atoms with Gasteiger partial charge in [0.15, 0.2) is 0 Å². The number of hydrogen-bond donors (Lipinski definition) is 0. The van der Waals surface area contributed by atoms with Gasteiger partial charge in [-0.3, -0.25) is 4.31 Å². The summed E-state index contributed by atoms with van der Waals surface area (Å²) in [5.41, 5.74) is 0.605. The van der Waals surface area contributed by atoms with Gasteiger partial charge in [-0.25, -0.2) is 0 Å². The number of hydrogen-bond acceptors (Lipinski definition) is 3. The number of sulfonamides is 1. The van der Waals surface area contributed by atoms with E-state index in [9.17, 15) is 8.42 Å². The minimum atomic E-state index is -3.69. The first-order valence-corrected chi connectivity index (χ1v) is 7.79. The van der Waals surface area contributed by atoms with E-state index in [-0.39, 0.29) is 11.0 Å². The van der Waals surface area contributed by atoms with Gasteiger partial charge in [0.05, 0.1) is 11.6 Å². The Labute approximate surface area is 117 Å². The van der Waals surface area contributed by atoms with Gasteiger partial charge in [-0.05, 0) is 31.2 Å². The van der Waals surface area contributed by atoms with E-state index in [0.29, 0.717) is 18.0 Å². The first kappa shape index (κ1) is 14.0. The molecule has 1 aromatic carbocycles. The number of para-hydroxylation sites is 1. The highest BCUT2D eigenvalue weighted by Crippen LogP contribution is 2.24. The van der Waals surface area contributed by atoms with Crippen LogP contribution in [0.5, 0.6) is 0 Å². The third-order valence-corrected chi connectivity index (χ3v) is 4.69. The van der Waals surface area contributed by atoms with Crippen molar-refractivity contribution < 1.29 is 12.8 Å². The van der Waals surface area contributed by atoms with Crippen molar-refractivity contribution >= 4 is 27.3 Å². The van der Waals surface area contributed by atoms with E-state index in [1.807, 2.05) is 6.07 Å². The van der Waals surface area contributed by atoms with Gasteiger partial charge >= 0.3 is 0 Å². The van der Waals surface area contributed by atoms with Gasteiger partial charge < -0.3 is 4.42 Å². The van der Waals surface area contributed by atoms with E-state index >= 15 is 0 Å². The van der Waals surface area contributed by atoms with E-state index in [0.717, 1.165) is 0 Å². The second-order valence-electron chi connectivity index (χ2n) is 3.86. The van der Waals surface area contributed by atoms with Crippen LogP contribution in [0.2, 0.25) is 0 Å². The molecule has 0 N–H and O–H groups in total. The number of anilines is 1. The first-order valence-electron chi connectivity index (χ1n) is 5.82. The van der Waals surface area contributed by atoms with Crippen molar-refractivity contribution in [3.8, 4) is 0 Å². The topological polar surface area (TPSA) is 50.5 Å². The number of benzene rings is 1. The summed E-state index contributed by atoms with van der Waals surface area (Å²) in [6.07, 6.45) is 0. The highest BCUT2D eigenvalue weighted by atomic mass is 35.5. The predicted octanol–water partition coefficient (Wildman–Crippen LogP) is 3.23. The van der Waals surface area contributed by atoms with E-state index in [2.05, 4.69) is 0 Å². The van der Waals surface area contributed by atoms with Crippen molar-refractivity contribution in [2.45, 2.75) is 17.9 Å². The SMILES string of the molecule is CCN(c1ccccc1)S(=O)(=O)c1ccc(CCl)o1. The standard InChI is InChI=1S/C13H14ClNO3S/c1-2-15(11-6-4-3-5-7-11)19(16,17)13-9-8-12(10-14)18-13/h3-9H,2,10H2,1H3. The number of halogens is 1. The van der Waals surface area contributed by atoms with Gasteiger partial charge in [0.25, 0.3) is 10.0 Å². The van der Waals surface area contributed by atoms with Crippen molar-refractivity contribution in [1.29, 1.82) is 0 Å². The predicted molar refractivity (Wildman–Crippen MR) is 74.9 cm³/mol. The van der Waals surface area contributed by atoms with E-state index in [4.69, 9.17) is 16.0 Å². The fourth-order valence-electron chi connectivity index (χ4n) is 1.76. The fraction of sp³-hybridized carbons (Fsp3) is 0.231. The summed E-state index contributed by atoms with van der Waals surface area (Å²) in [6.45, 7) is 2.10. The highest BCUT2D eigenvalue weighted by Gasteiger charge is 2.26. The number of alkyl halides is 1. The van der Waals surface area contributed by atoms with Crippen LogP contribution in [-0.2, 0) is 15.9 Å². The molecule has 2 aromatic rings. The third-order valence-electron chi connectivity index (χ3n) is 2.64. The largest absolute Gasteiger partial charge is 0.447 e. The summed E-state index contributed by atoms with van der Waals surface area (Å²) >= 11 is 5.62. The van der Waals surface area contributed by atoms with Crippen LogP contribution in [0.15, 0.2) is 52.0 Å². The van der Waals surface area contributed by atoms with E-state index in [1.165, 1.54) is 10.4 Å². The van der Waals surface area contributed by atoms with Crippen LogP contribution in [0.1, 0.15) is 12.7 Å². The molecule has 4 nitrogen and oxygen atoms in total. The molecule has 0 fully saturated rings. The van der Waals surface area contributed by atoms with E-state index < -0.39 is 10.0 Å². The summed E-state index contributed by atoms with van der Waals surface area (Å²) in [5.74, 6) is 0.580. The summed E-state index contributed by atoms with van der Waals surface area (Å²) in [5, 5.41) is -0.0890. The molecule has 0 amide bonds. The molecular weight excluding hydrogens is 286 g/mol. The summed E-state index contributed by atoms with van der Waals surface area (Å²) in [7, 11) is -3.69. The van der Waals surface area contributed by atoms with Crippen molar-refractivity contribution in [2.75, 3.05) is 10.8 Å². The van der Waals surface area contributed by atoms with Crippen molar-refractivity contribution in [1.82, 2.24) is 0 Å². The molecule has 0 unspecified atom stereocenters. The Hall–Kier alpha value is -1.46. The number of furan rings is 1. The Morgan fingerprint density at radius 2 is 1.84 bits per heavy atom. The van der Waals surface area contributed by atoms with Crippen LogP contribution in [0, 0.1) is 0 Å². The van der Waals surface area contributed by atoms with Crippen LogP contribution < -0.4 is 4.31 Å². The van der Waals surface area contributed by atoms with Gasteiger partial charge in [0.1, 0.15) is 5.76 Å². The van der Waals surface area contributed by atoms with Gasteiger partial charge in [-0.15, -0.1) is 11.6 Å². The molecule has 0 aliphatic carbocycles. The lowest BCUT2D eigenvalue weighted by atomic mass is 10.3. The highest BCUT2D eigenvalue weighted by molar-refractivity contribution is 7.92. The minimum absolute atomic E-state index is 0.0890. The first-order chi connectivity index (χ1) is 9.09. The molecule has 0 saturated carbocycles. The maximum atomic E-state index is 12.5. The van der Waals surface area contributed by atoms with E-state index in [1.54, 1.807) is 37.3 Å². The maximum Gasteiger partial charge on any atom is 0.297 e. The molecule has 19 heavy (non-hydrogen) atoms. The molecule has 0 radical (unpaired) electrons. The Bertz CT molecular complexity index is 637. The van der Waals surface area contributed by atoms with Crippen LogP contribution in [0.4, 0.5) is 5.69 Å². The van der Waals surface area contributed by atoms with Gasteiger partial charge in [0.2, 0.25) is 5.09 Å². The lowest BCUT2D eigenvalue weighted by molar-refractivity contribution is 0.425. The van der Waals surface area contributed by atoms with Gasteiger partial charge in [0, 0.05) is 6.54 Å². The second kappa shape index (κ2) is 5.67. The van der Waals surface area contributed by atoms with Gasteiger partial charge in [-0.2, -0.15) is 8.42 Å². The van der Waals surface area contributed by atoms with Crippen LogP contribution in [0.25, 0.3) is 0 Å². The average molecular weight is 300 g/mol. The molecular formula is C13H14ClNO3S. The quantitative estimate of drug-likeness (QED) is 0.796. The monoisotopic (exact) mass is 299 g/mol. The summed E-state index contributed by atoms with van der Waals surface area (Å²) in [4.78, 5) is 0. The van der Waals surface area contributed by atoms with Crippen molar-refractivity contribution in [3.63, 3.8) is 0 Å². The number of nitrogens with zero attached hydrogens (tertiary/aromatic N) is 1. The fourth-order valence-corrected chi connectivity index (χ4v) is 3.32. The molecule has 0 spiro atoms. The third kappa shape index (κ3) is 2.77. The zero-order valence-electron chi connectivity index (χ0n) is 10.4. The maximum absolute atomic E-state index is 12.5. The number of rotatable bonds is 5. The molecule has 102 valence electrons. The molecule has 0 bridgehead atoms. The molecule has 1 heterocycles. The van der Waals surface area contributed by atoms with Crippen molar-refractivity contribution in [2.24, 2.45) is 0 Å².